The molecule has 2 N–H and O–H groups in total. The summed E-state index contributed by atoms with van der Waals surface area (Å²) in [5.41, 5.74) is 5.16. The van der Waals surface area contributed by atoms with E-state index in [0.717, 1.165) is 51.1 Å². The number of fused-ring (bicyclic) bond motifs is 1. The van der Waals surface area contributed by atoms with Gasteiger partial charge in [-0.15, -0.1) is 0 Å². The zero-order valence-electron chi connectivity index (χ0n) is 24.9. The second kappa shape index (κ2) is 11.6. The maximum absolute atomic E-state index is 12.6. The van der Waals surface area contributed by atoms with Gasteiger partial charge < -0.3 is 29.7 Å². The third kappa shape index (κ3) is 5.81. The zero-order valence-corrected chi connectivity index (χ0v) is 25.7. The lowest BCUT2D eigenvalue weighted by Gasteiger charge is -2.53. The standard InChI is InChI=1S/C31H38N6O5S/c1-5-21-16-23(8-10-25(21)37-18-31(19-37)12-7-13-40-20-31)33-30-32-17-22(6-2)29(35-30)34-24-9-11-26-28(42-15-14-41-26)27(24)36(3)43(4,38)39/h6,8-11,16-17H,2,5,7,12-15,18-20H2,1,3-4H3,(H2,32,33,34,35). The highest BCUT2D eigenvalue weighted by Crippen LogP contribution is 2.46. The Morgan fingerprint density at radius 3 is 2.67 bits per heavy atom. The van der Waals surface area contributed by atoms with E-state index in [9.17, 15) is 8.42 Å². The molecule has 0 aliphatic carbocycles. The molecule has 3 aliphatic heterocycles. The third-order valence-electron chi connectivity index (χ3n) is 8.30. The topological polar surface area (TPSA) is 118 Å². The number of aryl methyl sites for hydroxylation is 1. The number of anilines is 6. The molecule has 43 heavy (non-hydrogen) atoms. The maximum Gasteiger partial charge on any atom is 0.232 e. The Hall–Kier alpha value is -4.03. The van der Waals surface area contributed by atoms with E-state index in [4.69, 9.17) is 19.2 Å². The van der Waals surface area contributed by atoms with Gasteiger partial charge in [0.1, 0.15) is 24.7 Å². The van der Waals surface area contributed by atoms with Crippen molar-refractivity contribution in [1.29, 1.82) is 0 Å². The van der Waals surface area contributed by atoms with Crippen LogP contribution >= 0.6 is 0 Å². The summed E-state index contributed by atoms with van der Waals surface area (Å²) in [4.78, 5) is 11.7. The fourth-order valence-electron chi connectivity index (χ4n) is 5.99. The molecule has 1 aromatic heterocycles. The van der Waals surface area contributed by atoms with Gasteiger partial charge in [-0.3, -0.25) is 4.31 Å². The van der Waals surface area contributed by atoms with Crippen molar-refractivity contribution in [3.8, 4) is 11.5 Å². The van der Waals surface area contributed by atoms with E-state index in [-0.39, 0.29) is 0 Å². The number of hydrogen-bond donors (Lipinski definition) is 2. The molecule has 2 aromatic carbocycles. The SMILES string of the molecule is C=Cc1cnc(Nc2ccc(N3CC4(CCCOC4)C3)c(CC)c2)nc1Nc1ccc2c(c1N(C)S(C)(=O)=O)OCCO2. The molecule has 6 rings (SSSR count). The Morgan fingerprint density at radius 1 is 1.14 bits per heavy atom. The molecule has 2 fully saturated rings. The number of rotatable bonds is 9. The van der Waals surface area contributed by atoms with Gasteiger partial charge in [-0.1, -0.05) is 19.6 Å². The van der Waals surface area contributed by atoms with Crippen molar-refractivity contribution in [2.75, 3.05) is 72.7 Å². The highest BCUT2D eigenvalue weighted by molar-refractivity contribution is 7.92. The van der Waals surface area contributed by atoms with E-state index in [1.54, 1.807) is 24.4 Å². The smallest absolute Gasteiger partial charge is 0.232 e. The van der Waals surface area contributed by atoms with Crippen LogP contribution in [0.3, 0.4) is 0 Å². The molecule has 1 spiro atoms. The molecule has 4 heterocycles. The lowest BCUT2D eigenvalue weighted by atomic mass is 9.75. The minimum atomic E-state index is -3.61. The molecule has 228 valence electrons. The van der Waals surface area contributed by atoms with E-state index in [0.29, 0.717) is 58.8 Å². The molecule has 3 aromatic rings. The molecule has 11 nitrogen and oxygen atoms in total. The molecule has 0 amide bonds. The van der Waals surface area contributed by atoms with E-state index in [2.05, 4.69) is 52.2 Å². The minimum Gasteiger partial charge on any atom is -0.486 e. The van der Waals surface area contributed by atoms with Crippen LogP contribution in [-0.2, 0) is 21.2 Å². The van der Waals surface area contributed by atoms with Gasteiger partial charge in [0.15, 0.2) is 11.5 Å². The predicted molar refractivity (Wildman–Crippen MR) is 170 cm³/mol. The molecule has 3 aliphatic rings. The number of benzene rings is 2. The number of sulfonamides is 1. The van der Waals surface area contributed by atoms with Gasteiger partial charge in [0.2, 0.25) is 16.0 Å². The minimum absolute atomic E-state index is 0.303. The Balaban J connectivity index is 1.26. The molecular formula is C31H38N6O5S. The van der Waals surface area contributed by atoms with Crippen molar-refractivity contribution in [3.63, 3.8) is 0 Å². The number of nitrogens with zero attached hydrogens (tertiary/aromatic N) is 4. The van der Waals surface area contributed by atoms with Crippen molar-refractivity contribution in [2.45, 2.75) is 26.2 Å². The number of nitrogens with one attached hydrogen (secondary N) is 2. The largest absolute Gasteiger partial charge is 0.486 e. The maximum atomic E-state index is 12.6. The highest BCUT2D eigenvalue weighted by Gasteiger charge is 2.44. The summed E-state index contributed by atoms with van der Waals surface area (Å²) in [7, 11) is -2.13. The summed E-state index contributed by atoms with van der Waals surface area (Å²) in [6, 6.07) is 9.86. The third-order valence-corrected chi connectivity index (χ3v) is 9.48. The molecule has 0 bridgehead atoms. The molecular weight excluding hydrogens is 568 g/mol. The van der Waals surface area contributed by atoms with E-state index in [1.807, 2.05) is 0 Å². The molecule has 0 unspecified atom stereocenters. The summed E-state index contributed by atoms with van der Waals surface area (Å²) in [6.45, 7) is 10.6. The van der Waals surface area contributed by atoms with Gasteiger partial charge >= 0.3 is 0 Å². The average Bonchev–Trinajstić information content (AvgIpc) is 2.99. The fourth-order valence-corrected chi connectivity index (χ4v) is 6.50. The summed E-state index contributed by atoms with van der Waals surface area (Å²) in [6.07, 6.45) is 7.73. The Labute approximate surface area is 252 Å². The Kier molecular flexibility index (Phi) is 7.82. The fraction of sp³-hybridized carbons (Fsp3) is 0.419. The number of aromatic nitrogens is 2. The first kappa shape index (κ1) is 29.1. The summed E-state index contributed by atoms with van der Waals surface area (Å²) >= 11 is 0. The van der Waals surface area contributed by atoms with Crippen LogP contribution in [0, 0.1) is 5.41 Å². The van der Waals surface area contributed by atoms with Crippen LogP contribution in [0.4, 0.5) is 34.5 Å². The molecule has 2 saturated heterocycles. The van der Waals surface area contributed by atoms with Crippen LogP contribution in [0.15, 0.2) is 43.1 Å². The number of hydrogen-bond acceptors (Lipinski definition) is 10. The first-order valence-electron chi connectivity index (χ1n) is 14.6. The first-order valence-corrected chi connectivity index (χ1v) is 16.4. The van der Waals surface area contributed by atoms with Crippen molar-refractivity contribution >= 4 is 50.6 Å². The first-order chi connectivity index (χ1) is 20.7. The van der Waals surface area contributed by atoms with E-state index >= 15 is 0 Å². The summed E-state index contributed by atoms with van der Waals surface area (Å²) in [5.74, 6) is 1.68. The lowest BCUT2D eigenvalue weighted by Crippen LogP contribution is -2.60. The van der Waals surface area contributed by atoms with Crippen molar-refractivity contribution in [2.24, 2.45) is 5.41 Å². The van der Waals surface area contributed by atoms with Gasteiger partial charge in [-0.25, -0.2) is 13.4 Å². The van der Waals surface area contributed by atoms with Gasteiger partial charge in [0, 0.05) is 55.3 Å². The van der Waals surface area contributed by atoms with E-state index < -0.39 is 10.0 Å². The predicted octanol–water partition coefficient (Wildman–Crippen LogP) is 4.95. The van der Waals surface area contributed by atoms with Gasteiger partial charge in [0.25, 0.3) is 0 Å². The monoisotopic (exact) mass is 606 g/mol. The van der Waals surface area contributed by atoms with Crippen molar-refractivity contribution in [1.82, 2.24) is 9.97 Å². The van der Waals surface area contributed by atoms with Crippen LogP contribution < -0.4 is 29.3 Å². The molecule has 0 radical (unpaired) electrons. The van der Waals surface area contributed by atoms with Gasteiger partial charge in [0.05, 0.1) is 18.6 Å². The normalized spacial score (nSPS) is 17.2. The lowest BCUT2D eigenvalue weighted by molar-refractivity contribution is -0.0235. The molecule has 0 atom stereocenters. The number of ether oxygens (including phenoxy) is 3. The average molecular weight is 607 g/mol. The second-order valence-electron chi connectivity index (χ2n) is 11.4. The Bertz CT molecular complexity index is 1630. The second-order valence-corrected chi connectivity index (χ2v) is 13.4. The Morgan fingerprint density at radius 2 is 1.95 bits per heavy atom. The van der Waals surface area contributed by atoms with Crippen LogP contribution in [0.5, 0.6) is 11.5 Å². The summed E-state index contributed by atoms with van der Waals surface area (Å²) < 4.78 is 43.6. The quantitative estimate of drug-likeness (QED) is 0.346. The molecule has 0 saturated carbocycles. The van der Waals surface area contributed by atoms with Crippen LogP contribution in [0.25, 0.3) is 6.08 Å². The highest BCUT2D eigenvalue weighted by atomic mass is 32.2. The van der Waals surface area contributed by atoms with Crippen molar-refractivity contribution < 1.29 is 22.6 Å². The van der Waals surface area contributed by atoms with Crippen LogP contribution in [0.1, 0.15) is 30.9 Å². The van der Waals surface area contributed by atoms with Crippen molar-refractivity contribution in [3.05, 3.63) is 54.2 Å². The molecule has 12 heteroatoms. The van der Waals surface area contributed by atoms with Crippen LogP contribution in [0.2, 0.25) is 0 Å². The van der Waals surface area contributed by atoms with Crippen LogP contribution in [-0.4, -0.2) is 71.2 Å². The van der Waals surface area contributed by atoms with Gasteiger partial charge in [-0.05, 0) is 55.2 Å². The van der Waals surface area contributed by atoms with Gasteiger partial charge in [-0.2, -0.15) is 4.98 Å². The van der Waals surface area contributed by atoms with E-state index in [1.165, 1.54) is 29.0 Å². The summed E-state index contributed by atoms with van der Waals surface area (Å²) in [5, 5.41) is 6.63. The zero-order chi connectivity index (χ0) is 30.2.